The minimum atomic E-state index is 0.307. The molecule has 88 valence electrons. The van der Waals surface area contributed by atoms with Crippen LogP contribution in [0.4, 0.5) is 0 Å². The van der Waals surface area contributed by atoms with Crippen molar-refractivity contribution in [3.8, 4) is 11.5 Å². The van der Waals surface area contributed by atoms with Gasteiger partial charge in [-0.15, -0.1) is 0 Å². The topological polar surface area (TPSA) is 27.7 Å². The Kier molecular flexibility index (Phi) is 4.07. The maximum absolute atomic E-state index is 5.49. The summed E-state index contributed by atoms with van der Waals surface area (Å²) in [5.74, 6) is 2.35. The lowest BCUT2D eigenvalue weighted by Gasteiger charge is -2.09. The van der Waals surface area contributed by atoms with Crippen LogP contribution in [0.15, 0.2) is 22.7 Å². The number of methoxy groups -OCH3 is 1. The molecule has 0 amide bonds. The molecule has 1 saturated carbocycles. The van der Waals surface area contributed by atoms with E-state index in [1.807, 2.05) is 18.2 Å². The fraction of sp³-hybridized carbons (Fsp3) is 0.500. The maximum atomic E-state index is 5.49. The van der Waals surface area contributed by atoms with E-state index in [1.54, 1.807) is 7.11 Å². The van der Waals surface area contributed by atoms with E-state index in [1.165, 1.54) is 12.8 Å². The number of hydrogen-bond acceptors (Lipinski definition) is 3. The normalized spacial score (nSPS) is 14.9. The molecule has 0 unspecified atom stereocenters. The number of ether oxygens (including phenoxy) is 3. The third-order valence-corrected chi connectivity index (χ3v) is 3.11. The lowest BCUT2D eigenvalue weighted by atomic mass is 10.3. The SMILES string of the molecule is COc1ccc(OCOCC2CC2)c(Br)c1. The molecule has 0 spiro atoms. The smallest absolute Gasteiger partial charge is 0.189 e. The Morgan fingerprint density at radius 3 is 2.81 bits per heavy atom. The van der Waals surface area contributed by atoms with E-state index < -0.39 is 0 Å². The predicted molar refractivity (Wildman–Crippen MR) is 64.9 cm³/mol. The number of rotatable bonds is 6. The molecule has 0 heterocycles. The minimum absolute atomic E-state index is 0.307. The second-order valence-electron chi connectivity index (χ2n) is 3.87. The van der Waals surface area contributed by atoms with Gasteiger partial charge in [0.1, 0.15) is 11.5 Å². The van der Waals surface area contributed by atoms with Crippen molar-refractivity contribution in [3.05, 3.63) is 22.7 Å². The minimum Gasteiger partial charge on any atom is -0.497 e. The first-order chi connectivity index (χ1) is 7.79. The molecule has 0 N–H and O–H groups in total. The highest BCUT2D eigenvalue weighted by Gasteiger charge is 2.21. The van der Waals surface area contributed by atoms with Gasteiger partial charge >= 0.3 is 0 Å². The van der Waals surface area contributed by atoms with Gasteiger partial charge in [-0.3, -0.25) is 0 Å². The van der Waals surface area contributed by atoms with Crippen LogP contribution >= 0.6 is 15.9 Å². The van der Waals surface area contributed by atoms with Crippen molar-refractivity contribution in [2.45, 2.75) is 12.8 Å². The van der Waals surface area contributed by atoms with Crippen molar-refractivity contribution >= 4 is 15.9 Å². The average Bonchev–Trinajstić information content (AvgIpc) is 3.10. The summed E-state index contributed by atoms with van der Waals surface area (Å²) in [5.41, 5.74) is 0. The Hall–Kier alpha value is -0.740. The Bertz CT molecular complexity index is 350. The molecule has 1 fully saturated rings. The van der Waals surface area contributed by atoms with Gasteiger partial charge in [-0.05, 0) is 52.9 Å². The fourth-order valence-electron chi connectivity index (χ4n) is 1.33. The van der Waals surface area contributed by atoms with Gasteiger partial charge in [-0.2, -0.15) is 0 Å². The van der Waals surface area contributed by atoms with Crippen LogP contribution < -0.4 is 9.47 Å². The van der Waals surface area contributed by atoms with Gasteiger partial charge in [0.25, 0.3) is 0 Å². The molecule has 0 saturated heterocycles. The molecule has 1 aliphatic carbocycles. The van der Waals surface area contributed by atoms with Gasteiger partial charge in [0, 0.05) is 0 Å². The van der Waals surface area contributed by atoms with Crippen LogP contribution in [-0.4, -0.2) is 20.5 Å². The first-order valence-corrected chi connectivity index (χ1v) is 6.13. The molecule has 3 nitrogen and oxygen atoms in total. The van der Waals surface area contributed by atoms with Gasteiger partial charge in [0.2, 0.25) is 0 Å². The summed E-state index contributed by atoms with van der Waals surface area (Å²) in [6.07, 6.45) is 2.60. The fourth-order valence-corrected chi connectivity index (χ4v) is 1.80. The maximum Gasteiger partial charge on any atom is 0.189 e. The second kappa shape index (κ2) is 5.55. The Labute approximate surface area is 104 Å². The monoisotopic (exact) mass is 286 g/mol. The summed E-state index contributed by atoms with van der Waals surface area (Å²) in [4.78, 5) is 0. The van der Waals surface area contributed by atoms with E-state index in [0.29, 0.717) is 6.79 Å². The molecule has 0 aliphatic heterocycles. The van der Waals surface area contributed by atoms with Gasteiger partial charge < -0.3 is 14.2 Å². The molecule has 2 rings (SSSR count). The zero-order valence-corrected chi connectivity index (χ0v) is 10.8. The van der Waals surface area contributed by atoms with Crippen molar-refractivity contribution in [2.75, 3.05) is 20.5 Å². The van der Waals surface area contributed by atoms with Crippen LogP contribution in [0.2, 0.25) is 0 Å². The summed E-state index contributed by atoms with van der Waals surface area (Å²) in [6, 6.07) is 5.60. The van der Waals surface area contributed by atoms with E-state index in [0.717, 1.165) is 28.5 Å². The highest BCUT2D eigenvalue weighted by atomic mass is 79.9. The van der Waals surface area contributed by atoms with Crippen LogP contribution in [0.1, 0.15) is 12.8 Å². The van der Waals surface area contributed by atoms with E-state index in [2.05, 4.69) is 15.9 Å². The molecule has 0 atom stereocenters. The lowest BCUT2D eigenvalue weighted by Crippen LogP contribution is -2.05. The standard InChI is InChI=1S/C12H15BrO3/c1-14-10-4-5-12(11(13)6-10)16-8-15-7-9-2-3-9/h4-6,9H,2-3,7-8H2,1H3. The molecular formula is C12H15BrO3. The summed E-state index contributed by atoms with van der Waals surface area (Å²) in [6.45, 7) is 1.12. The summed E-state index contributed by atoms with van der Waals surface area (Å²) >= 11 is 3.42. The molecule has 16 heavy (non-hydrogen) atoms. The van der Waals surface area contributed by atoms with Crippen molar-refractivity contribution in [2.24, 2.45) is 5.92 Å². The molecule has 4 heteroatoms. The zero-order valence-electron chi connectivity index (χ0n) is 9.24. The molecular weight excluding hydrogens is 272 g/mol. The van der Waals surface area contributed by atoms with Crippen molar-refractivity contribution in [1.82, 2.24) is 0 Å². The first kappa shape index (κ1) is 11.7. The number of benzene rings is 1. The van der Waals surface area contributed by atoms with Crippen molar-refractivity contribution < 1.29 is 14.2 Å². The Morgan fingerprint density at radius 2 is 2.19 bits per heavy atom. The van der Waals surface area contributed by atoms with Crippen molar-refractivity contribution in [3.63, 3.8) is 0 Å². The number of halogens is 1. The molecule has 1 aliphatic rings. The van der Waals surface area contributed by atoms with Crippen LogP contribution in [0.3, 0.4) is 0 Å². The zero-order chi connectivity index (χ0) is 11.4. The van der Waals surface area contributed by atoms with Crippen LogP contribution in [0.5, 0.6) is 11.5 Å². The largest absolute Gasteiger partial charge is 0.497 e. The summed E-state index contributed by atoms with van der Waals surface area (Å²) in [7, 11) is 1.64. The molecule has 1 aromatic carbocycles. The van der Waals surface area contributed by atoms with Crippen LogP contribution in [0, 0.1) is 5.92 Å². The van der Waals surface area contributed by atoms with Crippen LogP contribution in [0.25, 0.3) is 0 Å². The molecule has 0 aromatic heterocycles. The Morgan fingerprint density at radius 1 is 1.38 bits per heavy atom. The van der Waals surface area contributed by atoms with Gasteiger partial charge in [-0.25, -0.2) is 0 Å². The number of hydrogen-bond donors (Lipinski definition) is 0. The third-order valence-electron chi connectivity index (χ3n) is 2.49. The average molecular weight is 287 g/mol. The van der Waals surface area contributed by atoms with Crippen LogP contribution in [-0.2, 0) is 4.74 Å². The molecule has 1 aromatic rings. The van der Waals surface area contributed by atoms with E-state index in [4.69, 9.17) is 14.2 Å². The van der Waals surface area contributed by atoms with E-state index in [-0.39, 0.29) is 0 Å². The first-order valence-electron chi connectivity index (χ1n) is 5.33. The third kappa shape index (κ3) is 3.39. The summed E-state index contributed by atoms with van der Waals surface area (Å²) < 4.78 is 16.9. The lowest BCUT2D eigenvalue weighted by molar-refractivity contribution is 0.00954. The van der Waals surface area contributed by atoms with Gasteiger partial charge in [0.15, 0.2) is 6.79 Å². The Balaban J connectivity index is 1.78. The molecule has 0 bridgehead atoms. The molecule has 0 radical (unpaired) electrons. The van der Waals surface area contributed by atoms with E-state index in [9.17, 15) is 0 Å². The highest BCUT2D eigenvalue weighted by molar-refractivity contribution is 9.10. The van der Waals surface area contributed by atoms with Crippen molar-refractivity contribution in [1.29, 1.82) is 0 Å². The quantitative estimate of drug-likeness (QED) is 0.594. The van der Waals surface area contributed by atoms with Gasteiger partial charge in [0.05, 0.1) is 18.2 Å². The van der Waals surface area contributed by atoms with E-state index >= 15 is 0 Å². The predicted octanol–water partition coefficient (Wildman–Crippen LogP) is 3.22. The summed E-state index contributed by atoms with van der Waals surface area (Å²) in [5, 5.41) is 0. The second-order valence-corrected chi connectivity index (χ2v) is 4.73. The van der Waals surface area contributed by atoms with Gasteiger partial charge in [-0.1, -0.05) is 0 Å². The highest BCUT2D eigenvalue weighted by Crippen LogP contribution is 2.30.